The second-order valence-corrected chi connectivity index (χ2v) is 11.7. The Bertz CT molecular complexity index is 1690. The van der Waals surface area contributed by atoms with E-state index in [1.165, 1.54) is 27.8 Å². The van der Waals surface area contributed by atoms with Crippen LogP contribution in [0.25, 0.3) is 11.1 Å². The van der Waals surface area contributed by atoms with Gasteiger partial charge in [0.25, 0.3) is 5.92 Å². The molecule has 244 valence electrons. The van der Waals surface area contributed by atoms with Gasteiger partial charge in [-0.15, -0.1) is 11.8 Å². The van der Waals surface area contributed by atoms with E-state index in [0.717, 1.165) is 35.3 Å². The third-order valence-electron chi connectivity index (χ3n) is 7.53. The fourth-order valence-corrected chi connectivity index (χ4v) is 5.70. The first kappa shape index (κ1) is 34.8. The molecule has 1 saturated carbocycles. The summed E-state index contributed by atoms with van der Waals surface area (Å²) >= 11 is 1.45. The monoisotopic (exact) mass is 659 g/mol. The molecule has 0 bridgehead atoms. The van der Waals surface area contributed by atoms with Crippen LogP contribution in [0.2, 0.25) is 0 Å². The number of anilines is 2. The average Bonchev–Trinajstić information content (AvgIpc) is 3.62. The van der Waals surface area contributed by atoms with Gasteiger partial charge < -0.3 is 5.32 Å². The lowest BCUT2D eigenvalue weighted by molar-refractivity contribution is -0.131. The Balaban J connectivity index is 0.000000280. The number of benzene rings is 2. The van der Waals surface area contributed by atoms with E-state index in [1.54, 1.807) is 54.9 Å². The van der Waals surface area contributed by atoms with Gasteiger partial charge in [0.05, 0.1) is 17.8 Å². The second kappa shape index (κ2) is 16.5. The number of nitriles is 1. The number of halogens is 2. The molecule has 10 nitrogen and oxygen atoms in total. The molecule has 3 amide bonds. The highest BCUT2D eigenvalue weighted by atomic mass is 32.2. The van der Waals surface area contributed by atoms with Gasteiger partial charge in [0.1, 0.15) is 11.9 Å². The molecule has 1 unspecified atom stereocenters. The topological polar surface area (TPSA) is 135 Å². The zero-order valence-corrected chi connectivity index (χ0v) is 26.8. The molecule has 2 aromatic carbocycles. The minimum Gasteiger partial charge on any atom is -0.351 e. The quantitative estimate of drug-likeness (QED) is 0.130. The summed E-state index contributed by atoms with van der Waals surface area (Å²) in [6, 6.07) is 18.1. The van der Waals surface area contributed by atoms with Gasteiger partial charge in [0.2, 0.25) is 18.7 Å². The Labute approximate surface area is 276 Å². The zero-order valence-electron chi connectivity index (χ0n) is 26.0. The van der Waals surface area contributed by atoms with Crippen molar-refractivity contribution in [2.75, 3.05) is 22.6 Å². The fraction of sp³-hybridized carbons (Fsp3) is 0.294. The minimum absolute atomic E-state index is 0.396. The van der Waals surface area contributed by atoms with Gasteiger partial charge >= 0.3 is 0 Å². The van der Waals surface area contributed by atoms with Gasteiger partial charge in [-0.2, -0.15) is 10.4 Å². The van der Waals surface area contributed by atoms with Crippen molar-refractivity contribution < 1.29 is 23.2 Å². The summed E-state index contributed by atoms with van der Waals surface area (Å²) in [5, 5.41) is 18.1. The highest BCUT2D eigenvalue weighted by molar-refractivity contribution is 7.98. The number of H-pyrrole nitrogens is 1. The Hall–Kier alpha value is -5.09. The molecular weight excluding hydrogens is 624 g/mol. The van der Waals surface area contributed by atoms with E-state index in [4.69, 9.17) is 5.26 Å². The highest BCUT2D eigenvalue weighted by Gasteiger charge is 2.47. The molecular formula is C34H35F2N7O3S. The molecule has 2 N–H and O–H groups in total. The second-order valence-electron chi connectivity index (χ2n) is 10.8. The maximum absolute atomic E-state index is 13.3. The van der Waals surface area contributed by atoms with Crippen LogP contribution in [0.4, 0.5) is 20.3 Å². The number of aromatic amines is 1. The molecule has 5 rings (SSSR count). The van der Waals surface area contributed by atoms with Crippen LogP contribution < -0.4 is 15.1 Å². The van der Waals surface area contributed by atoms with Crippen LogP contribution in [0.1, 0.15) is 49.8 Å². The average molecular weight is 660 g/mol. The van der Waals surface area contributed by atoms with Crippen LogP contribution in [0, 0.1) is 11.3 Å². The maximum Gasteiger partial charge on any atom is 0.252 e. The first-order valence-electron chi connectivity index (χ1n) is 15.0. The molecule has 1 aliphatic rings. The normalized spacial score (nSPS) is 13.9. The maximum atomic E-state index is 13.3. The number of carbonyl (C=O) groups excluding carboxylic acids is 3. The number of hydrogen-bond donors (Lipinski definition) is 2. The Morgan fingerprint density at radius 2 is 1.94 bits per heavy atom. The van der Waals surface area contributed by atoms with Crippen LogP contribution in [0.15, 0.2) is 84.1 Å². The van der Waals surface area contributed by atoms with Crippen molar-refractivity contribution in [1.29, 1.82) is 5.26 Å². The molecule has 2 heterocycles. The Kier molecular flexibility index (Phi) is 12.2. The lowest BCUT2D eigenvalue weighted by Gasteiger charge is -2.37. The molecule has 0 aliphatic heterocycles. The number of nitrogens with one attached hydrogen (secondary N) is 2. The third-order valence-corrected chi connectivity index (χ3v) is 8.35. The van der Waals surface area contributed by atoms with E-state index in [2.05, 4.69) is 27.4 Å². The number of hydrogen-bond acceptors (Lipinski definition) is 7. The van der Waals surface area contributed by atoms with Crippen LogP contribution in [0.3, 0.4) is 0 Å². The summed E-state index contributed by atoms with van der Waals surface area (Å²) in [7, 11) is 0. The van der Waals surface area contributed by atoms with E-state index in [-0.39, 0.29) is 0 Å². The van der Waals surface area contributed by atoms with E-state index in [0.29, 0.717) is 35.6 Å². The number of unbranched alkanes of at least 4 members (excludes halogenated alkanes) is 1. The van der Waals surface area contributed by atoms with Crippen molar-refractivity contribution in [3.8, 4) is 17.2 Å². The predicted octanol–water partition coefficient (Wildman–Crippen LogP) is 6.13. The van der Waals surface area contributed by atoms with Crippen molar-refractivity contribution in [3.05, 3.63) is 90.4 Å². The fourth-order valence-electron chi connectivity index (χ4n) is 5.07. The van der Waals surface area contributed by atoms with Gasteiger partial charge in [0, 0.05) is 54.0 Å². The number of nitrogens with zero attached hydrogens (tertiary/aromatic N) is 5. The van der Waals surface area contributed by atoms with Crippen LogP contribution in [-0.4, -0.2) is 58.7 Å². The van der Waals surface area contributed by atoms with Crippen molar-refractivity contribution >= 4 is 42.0 Å². The van der Waals surface area contributed by atoms with Gasteiger partial charge in [-0.25, -0.2) is 13.8 Å². The Morgan fingerprint density at radius 3 is 2.57 bits per heavy atom. The largest absolute Gasteiger partial charge is 0.351 e. The first-order valence-corrected chi connectivity index (χ1v) is 16.2. The molecule has 1 fully saturated rings. The van der Waals surface area contributed by atoms with E-state index >= 15 is 0 Å². The number of rotatable bonds is 13. The molecule has 0 saturated heterocycles. The van der Waals surface area contributed by atoms with E-state index in [9.17, 15) is 23.2 Å². The van der Waals surface area contributed by atoms with Crippen molar-refractivity contribution in [3.63, 3.8) is 0 Å². The lowest BCUT2D eigenvalue weighted by Crippen LogP contribution is -2.53. The van der Waals surface area contributed by atoms with Crippen LogP contribution >= 0.6 is 11.8 Å². The molecule has 2 aromatic heterocycles. The zero-order chi connectivity index (χ0) is 33.8. The molecule has 0 spiro atoms. The number of carbonyl (C=O) groups is 3. The van der Waals surface area contributed by atoms with Crippen molar-refractivity contribution in [2.24, 2.45) is 0 Å². The van der Waals surface area contributed by atoms with Crippen LogP contribution in [0.5, 0.6) is 0 Å². The third kappa shape index (κ3) is 9.01. The Morgan fingerprint density at radius 1 is 1.15 bits per heavy atom. The standard InChI is InChI=1S/C23H22F2N4O2S.C11H13N3O/c1-32-20-8-3-2-7-19(20)21(22(31)28-17-10-23(24,25)11-17)29(14-30)18-6-4-5-15(9-18)16-12-26-27-13-16;1-2-3-6-14(9-15)11-7-10(8-12)4-5-13-11/h2-9,12-14,17,21H,10-11H2,1H3,(H,26,27)(H,28,31);4-5,7,9H,2-3,6H2,1H3. The summed E-state index contributed by atoms with van der Waals surface area (Å²) in [5.41, 5.74) is 3.31. The van der Waals surface area contributed by atoms with Crippen molar-refractivity contribution in [2.45, 2.75) is 55.5 Å². The van der Waals surface area contributed by atoms with Gasteiger partial charge in [-0.05, 0) is 54.1 Å². The van der Waals surface area contributed by atoms with E-state index in [1.807, 2.05) is 30.5 Å². The number of alkyl halides is 2. The summed E-state index contributed by atoms with van der Waals surface area (Å²) in [6.45, 7) is 2.70. The van der Waals surface area contributed by atoms with Crippen molar-refractivity contribution in [1.82, 2.24) is 20.5 Å². The smallest absolute Gasteiger partial charge is 0.252 e. The SMILES string of the molecule is CCCCN(C=O)c1cc(C#N)ccn1.CSc1ccccc1C(C(=O)NC1CC(F)(F)C1)N(C=O)c1cccc(-c2cn[nH]c2)c1. The summed E-state index contributed by atoms with van der Waals surface area (Å²) < 4.78 is 26.6. The molecule has 47 heavy (non-hydrogen) atoms. The van der Waals surface area contributed by atoms with Crippen LogP contribution in [-0.2, 0) is 14.4 Å². The molecule has 13 heteroatoms. The number of thioether (sulfide) groups is 1. The van der Waals surface area contributed by atoms with Gasteiger partial charge in [0.15, 0.2) is 0 Å². The molecule has 4 aromatic rings. The number of pyridine rings is 1. The number of amides is 3. The van der Waals surface area contributed by atoms with E-state index < -0.39 is 36.8 Å². The number of aromatic nitrogens is 3. The molecule has 1 atom stereocenters. The predicted molar refractivity (Wildman–Crippen MR) is 177 cm³/mol. The van der Waals surface area contributed by atoms with Gasteiger partial charge in [-0.3, -0.25) is 29.3 Å². The molecule has 0 radical (unpaired) electrons. The first-order chi connectivity index (χ1) is 22.7. The lowest BCUT2D eigenvalue weighted by atomic mass is 9.87. The summed E-state index contributed by atoms with van der Waals surface area (Å²) in [5.74, 6) is -2.71. The molecule has 1 aliphatic carbocycles. The summed E-state index contributed by atoms with van der Waals surface area (Å²) in [4.78, 5) is 44.2. The summed E-state index contributed by atoms with van der Waals surface area (Å²) in [6.07, 6.45) is 9.31. The van der Waals surface area contributed by atoms with Gasteiger partial charge in [-0.1, -0.05) is 43.7 Å². The highest BCUT2D eigenvalue weighted by Crippen LogP contribution is 2.39. The minimum atomic E-state index is -2.76.